The van der Waals surface area contributed by atoms with Crippen LogP contribution >= 0.6 is 22.9 Å². The molecule has 132 valence electrons. The van der Waals surface area contributed by atoms with Crippen molar-refractivity contribution in [1.82, 2.24) is 15.1 Å². The Hall–Kier alpha value is -1.97. The normalized spacial score (nSPS) is 11.6. The Bertz CT molecular complexity index is 951. The average molecular weight is 400 g/mol. The highest BCUT2D eigenvalue weighted by atomic mass is 35.5. The zero-order valence-corrected chi connectivity index (χ0v) is 15.6. The van der Waals surface area contributed by atoms with E-state index in [4.69, 9.17) is 20.9 Å². The molecule has 0 atom stereocenters. The van der Waals surface area contributed by atoms with Gasteiger partial charge in [-0.3, -0.25) is 0 Å². The quantitative estimate of drug-likeness (QED) is 0.602. The fourth-order valence-corrected chi connectivity index (χ4v) is 4.18. The predicted octanol–water partition coefficient (Wildman–Crippen LogP) is 3.18. The van der Waals surface area contributed by atoms with Crippen LogP contribution in [0.1, 0.15) is 22.4 Å². The Morgan fingerprint density at radius 1 is 1.20 bits per heavy atom. The summed E-state index contributed by atoms with van der Waals surface area (Å²) in [4.78, 5) is 8.21. The minimum atomic E-state index is -3.43. The Morgan fingerprint density at radius 2 is 1.96 bits per heavy atom. The van der Waals surface area contributed by atoms with Crippen molar-refractivity contribution in [3.63, 3.8) is 0 Å². The lowest BCUT2D eigenvalue weighted by molar-refractivity contribution is 0.305. The molecule has 0 aliphatic heterocycles. The van der Waals surface area contributed by atoms with E-state index in [1.807, 2.05) is 0 Å². The smallest absolute Gasteiger partial charge is 0.223 e. The second-order valence-corrected chi connectivity index (χ2v) is 8.68. The summed E-state index contributed by atoms with van der Waals surface area (Å²) in [6, 6.07) is 6.98. The number of nitrogens with zero attached hydrogens (tertiary/aromatic N) is 3. The molecule has 0 unspecified atom stereocenters. The molecule has 3 rings (SSSR count). The zero-order valence-electron chi connectivity index (χ0n) is 13.2. The molecule has 0 N–H and O–H groups in total. The van der Waals surface area contributed by atoms with E-state index in [9.17, 15) is 8.42 Å². The largest absolute Gasteiger partial charge is 0.486 e. The van der Waals surface area contributed by atoms with Crippen molar-refractivity contribution < 1.29 is 17.7 Å². The summed E-state index contributed by atoms with van der Waals surface area (Å²) in [5, 5.41) is 6.63. The molecule has 0 saturated heterocycles. The van der Waals surface area contributed by atoms with Crippen molar-refractivity contribution in [3.8, 4) is 5.75 Å². The van der Waals surface area contributed by atoms with E-state index in [0.717, 1.165) is 0 Å². The van der Waals surface area contributed by atoms with Gasteiger partial charge in [0.2, 0.25) is 5.89 Å². The lowest BCUT2D eigenvalue weighted by Crippen LogP contribution is -2.09. The van der Waals surface area contributed by atoms with Crippen LogP contribution in [-0.2, 0) is 27.9 Å². The van der Waals surface area contributed by atoms with Gasteiger partial charge in [-0.1, -0.05) is 16.8 Å². The van der Waals surface area contributed by atoms with Gasteiger partial charge in [-0.15, -0.1) is 11.3 Å². The van der Waals surface area contributed by atoms with Crippen molar-refractivity contribution in [1.29, 1.82) is 0 Å². The number of halogens is 1. The van der Waals surface area contributed by atoms with Gasteiger partial charge in [-0.2, -0.15) is 4.98 Å². The second kappa shape index (κ2) is 7.51. The number of rotatable bonds is 7. The number of hydrogen-bond donors (Lipinski definition) is 0. The molecule has 1 aromatic carbocycles. The van der Waals surface area contributed by atoms with Crippen molar-refractivity contribution in [3.05, 3.63) is 57.1 Å². The van der Waals surface area contributed by atoms with Crippen LogP contribution in [-0.4, -0.2) is 23.5 Å². The van der Waals surface area contributed by atoms with Gasteiger partial charge < -0.3 is 9.26 Å². The first kappa shape index (κ1) is 17.8. The topological polar surface area (TPSA) is 95.2 Å². The van der Waals surface area contributed by atoms with E-state index in [1.54, 1.807) is 36.6 Å². The van der Waals surface area contributed by atoms with E-state index in [-0.39, 0.29) is 23.9 Å². The summed E-state index contributed by atoms with van der Waals surface area (Å²) in [6.45, 7) is 1.87. The number of sulfone groups is 1. The fraction of sp³-hybridized carbons (Fsp3) is 0.267. The molecular formula is C15H14ClN3O4S2. The molecule has 2 heterocycles. The molecule has 0 fully saturated rings. The number of benzene rings is 1. The van der Waals surface area contributed by atoms with Crippen LogP contribution in [0.15, 0.2) is 34.2 Å². The number of ether oxygens (including phenoxy) is 1. The maximum atomic E-state index is 12.2. The van der Waals surface area contributed by atoms with Gasteiger partial charge in [0.1, 0.15) is 23.1 Å². The number of thiazole rings is 1. The van der Waals surface area contributed by atoms with Crippen molar-refractivity contribution >= 4 is 32.8 Å². The SMILES string of the molecule is Cc1nc(CS(=O)(=O)Cc2csc(COc3ccc(Cl)cc3)n2)no1. The van der Waals surface area contributed by atoms with Crippen LogP contribution in [0.5, 0.6) is 5.75 Å². The van der Waals surface area contributed by atoms with E-state index in [0.29, 0.717) is 27.4 Å². The van der Waals surface area contributed by atoms with Crippen molar-refractivity contribution in [2.75, 3.05) is 0 Å². The predicted molar refractivity (Wildman–Crippen MR) is 93.3 cm³/mol. The Kier molecular flexibility index (Phi) is 5.36. The number of hydrogen-bond acceptors (Lipinski definition) is 8. The lowest BCUT2D eigenvalue weighted by atomic mass is 10.3. The van der Waals surface area contributed by atoms with Crippen molar-refractivity contribution in [2.24, 2.45) is 0 Å². The molecule has 0 aliphatic carbocycles. The third-order valence-corrected chi connectivity index (χ3v) is 5.62. The third kappa shape index (κ3) is 5.25. The molecule has 10 heteroatoms. The van der Waals surface area contributed by atoms with Crippen LogP contribution in [0, 0.1) is 6.92 Å². The minimum absolute atomic E-state index is 0.152. The Morgan fingerprint density at radius 3 is 2.64 bits per heavy atom. The summed E-state index contributed by atoms with van der Waals surface area (Å²) >= 11 is 7.16. The van der Waals surface area contributed by atoms with Crippen LogP contribution in [0.2, 0.25) is 5.02 Å². The molecular weight excluding hydrogens is 386 g/mol. The first-order valence-electron chi connectivity index (χ1n) is 7.21. The average Bonchev–Trinajstić information content (AvgIpc) is 3.15. The monoisotopic (exact) mass is 399 g/mol. The van der Waals surface area contributed by atoms with Gasteiger partial charge in [0.15, 0.2) is 15.7 Å². The molecule has 3 aromatic rings. The van der Waals surface area contributed by atoms with Crippen molar-refractivity contribution in [2.45, 2.75) is 25.0 Å². The molecule has 0 saturated carbocycles. The summed E-state index contributed by atoms with van der Waals surface area (Å²) in [7, 11) is -3.43. The van der Waals surface area contributed by atoms with E-state index in [2.05, 4.69) is 15.1 Å². The van der Waals surface area contributed by atoms with Crippen LogP contribution in [0.4, 0.5) is 0 Å². The molecule has 0 amide bonds. The Balaban J connectivity index is 1.58. The zero-order chi connectivity index (χ0) is 17.9. The molecule has 2 aromatic heterocycles. The fourth-order valence-electron chi connectivity index (χ4n) is 2.03. The second-order valence-electron chi connectivity index (χ2n) is 5.24. The van der Waals surface area contributed by atoms with E-state index >= 15 is 0 Å². The van der Waals surface area contributed by atoms with Gasteiger partial charge in [0.25, 0.3) is 0 Å². The standard InChI is InChI=1S/C15H14ClN3O4S2/c1-10-17-14(19-23-10)9-25(20,21)8-12-7-24-15(18-12)6-22-13-4-2-11(16)3-5-13/h2-5,7H,6,8-9H2,1H3. The molecule has 0 spiro atoms. The summed E-state index contributed by atoms with van der Waals surface area (Å²) < 4.78 is 34.8. The molecule has 7 nitrogen and oxygen atoms in total. The molecule has 0 radical (unpaired) electrons. The first-order valence-corrected chi connectivity index (χ1v) is 10.3. The summed E-state index contributed by atoms with van der Waals surface area (Å²) in [5.74, 6) is 0.692. The van der Waals surface area contributed by atoms with Gasteiger partial charge in [0.05, 0.1) is 11.4 Å². The van der Waals surface area contributed by atoms with E-state index < -0.39 is 9.84 Å². The van der Waals surface area contributed by atoms with Crippen LogP contribution in [0.25, 0.3) is 0 Å². The molecule has 25 heavy (non-hydrogen) atoms. The summed E-state index contributed by atoms with van der Waals surface area (Å²) in [6.07, 6.45) is 0. The third-order valence-electron chi connectivity index (χ3n) is 3.06. The highest BCUT2D eigenvalue weighted by Gasteiger charge is 2.18. The maximum Gasteiger partial charge on any atom is 0.223 e. The molecule has 0 bridgehead atoms. The van der Waals surface area contributed by atoms with Crippen LogP contribution < -0.4 is 4.74 Å². The first-order chi connectivity index (χ1) is 11.9. The summed E-state index contributed by atoms with van der Waals surface area (Å²) in [5.41, 5.74) is 0.472. The highest BCUT2D eigenvalue weighted by molar-refractivity contribution is 7.89. The lowest BCUT2D eigenvalue weighted by Gasteiger charge is -2.03. The number of aromatic nitrogens is 3. The van der Waals surface area contributed by atoms with Gasteiger partial charge >= 0.3 is 0 Å². The maximum absolute atomic E-state index is 12.2. The highest BCUT2D eigenvalue weighted by Crippen LogP contribution is 2.19. The minimum Gasteiger partial charge on any atom is -0.486 e. The molecule has 0 aliphatic rings. The van der Waals surface area contributed by atoms with Gasteiger partial charge in [0, 0.05) is 17.3 Å². The van der Waals surface area contributed by atoms with Crippen LogP contribution in [0.3, 0.4) is 0 Å². The number of aryl methyl sites for hydroxylation is 1. The van der Waals surface area contributed by atoms with Gasteiger partial charge in [-0.25, -0.2) is 13.4 Å². The van der Waals surface area contributed by atoms with E-state index in [1.165, 1.54) is 11.3 Å². The Labute approximate surface area is 153 Å². The van der Waals surface area contributed by atoms with Gasteiger partial charge in [-0.05, 0) is 24.3 Å².